The minimum absolute atomic E-state index is 0.303. The number of esters is 2. The first kappa shape index (κ1) is 24.5. The first-order valence-corrected chi connectivity index (χ1v) is 10.9. The van der Waals surface area contributed by atoms with Gasteiger partial charge in [-0.15, -0.1) is 0 Å². The Hall–Kier alpha value is -0.550. The minimum atomic E-state index is -0.743. The molecule has 0 aromatic rings. The number of carbonyl (C=O) groups excluding carboxylic acids is 2. The SMILES string of the molecule is CCCCCCCCCCCCCCCC(=O)OC(=O)[C@H](N)CCS. The van der Waals surface area contributed by atoms with Crippen molar-refractivity contribution in [3.8, 4) is 0 Å². The van der Waals surface area contributed by atoms with Crippen molar-refractivity contribution in [2.24, 2.45) is 5.73 Å². The van der Waals surface area contributed by atoms with Crippen molar-refractivity contribution in [2.45, 2.75) is 109 Å². The molecule has 0 aromatic heterocycles. The molecule has 0 aliphatic carbocycles. The van der Waals surface area contributed by atoms with Gasteiger partial charge in [0.25, 0.3) is 0 Å². The van der Waals surface area contributed by atoms with Crippen LogP contribution in [-0.4, -0.2) is 23.7 Å². The zero-order valence-corrected chi connectivity index (χ0v) is 17.0. The molecule has 2 N–H and O–H groups in total. The Balaban J connectivity index is 3.32. The maximum atomic E-state index is 11.5. The third kappa shape index (κ3) is 16.7. The molecular formula is C20H39NO3S. The van der Waals surface area contributed by atoms with Gasteiger partial charge in [-0.05, 0) is 18.6 Å². The second-order valence-electron chi connectivity index (χ2n) is 6.90. The van der Waals surface area contributed by atoms with Gasteiger partial charge < -0.3 is 10.5 Å². The van der Waals surface area contributed by atoms with E-state index < -0.39 is 18.0 Å². The Morgan fingerprint density at radius 1 is 0.840 bits per heavy atom. The van der Waals surface area contributed by atoms with Crippen LogP contribution in [0, 0.1) is 0 Å². The number of hydrogen-bond donors (Lipinski definition) is 2. The zero-order valence-electron chi connectivity index (χ0n) is 16.1. The molecular weight excluding hydrogens is 334 g/mol. The lowest BCUT2D eigenvalue weighted by atomic mass is 10.0. The van der Waals surface area contributed by atoms with Crippen LogP contribution in [0.15, 0.2) is 0 Å². The Kier molecular flexibility index (Phi) is 17.8. The first-order valence-electron chi connectivity index (χ1n) is 10.2. The molecule has 25 heavy (non-hydrogen) atoms. The van der Waals surface area contributed by atoms with E-state index in [0.717, 1.165) is 19.3 Å². The summed E-state index contributed by atoms with van der Waals surface area (Å²) in [7, 11) is 0. The number of carbonyl (C=O) groups is 2. The topological polar surface area (TPSA) is 69.4 Å². The summed E-state index contributed by atoms with van der Waals surface area (Å²) in [5.41, 5.74) is 5.57. The fourth-order valence-electron chi connectivity index (χ4n) is 2.78. The lowest BCUT2D eigenvalue weighted by molar-refractivity contribution is -0.160. The van der Waals surface area contributed by atoms with Crippen LogP contribution in [0.3, 0.4) is 0 Å². The molecule has 0 saturated heterocycles. The van der Waals surface area contributed by atoms with Crippen LogP contribution in [0.2, 0.25) is 0 Å². The van der Waals surface area contributed by atoms with E-state index in [1.54, 1.807) is 0 Å². The molecule has 4 nitrogen and oxygen atoms in total. The number of thiol groups is 1. The van der Waals surface area contributed by atoms with Crippen LogP contribution in [0.5, 0.6) is 0 Å². The van der Waals surface area contributed by atoms with Crippen LogP contribution in [-0.2, 0) is 14.3 Å². The highest BCUT2D eigenvalue weighted by atomic mass is 32.1. The normalized spacial score (nSPS) is 12.1. The smallest absolute Gasteiger partial charge is 0.330 e. The van der Waals surface area contributed by atoms with Gasteiger partial charge in [0.05, 0.1) is 0 Å². The molecule has 0 aliphatic rings. The number of hydrogen-bond acceptors (Lipinski definition) is 5. The Bertz CT molecular complexity index is 337. The summed E-state index contributed by atoms with van der Waals surface area (Å²) in [5, 5.41) is 0. The average molecular weight is 374 g/mol. The van der Waals surface area contributed by atoms with E-state index in [9.17, 15) is 9.59 Å². The van der Waals surface area contributed by atoms with Gasteiger partial charge in [-0.3, -0.25) is 4.79 Å². The molecule has 0 unspecified atom stereocenters. The molecule has 0 amide bonds. The number of nitrogens with two attached hydrogens (primary N) is 1. The fraction of sp³-hybridized carbons (Fsp3) is 0.900. The average Bonchev–Trinajstić information content (AvgIpc) is 2.59. The molecule has 0 rings (SSSR count). The monoisotopic (exact) mass is 373 g/mol. The Morgan fingerprint density at radius 2 is 1.28 bits per heavy atom. The number of rotatable bonds is 17. The summed E-state index contributed by atoms with van der Waals surface area (Å²) in [6, 6.07) is -0.743. The van der Waals surface area contributed by atoms with Gasteiger partial charge in [0.1, 0.15) is 6.04 Å². The number of ether oxygens (including phenoxy) is 1. The van der Waals surface area contributed by atoms with E-state index >= 15 is 0 Å². The first-order chi connectivity index (χ1) is 12.1. The van der Waals surface area contributed by atoms with E-state index in [0.29, 0.717) is 18.6 Å². The molecule has 0 heterocycles. The van der Waals surface area contributed by atoms with Crippen molar-refractivity contribution in [1.82, 2.24) is 0 Å². The van der Waals surface area contributed by atoms with E-state index in [-0.39, 0.29) is 0 Å². The van der Waals surface area contributed by atoms with Gasteiger partial charge >= 0.3 is 11.9 Å². The van der Waals surface area contributed by atoms with E-state index in [1.807, 2.05) is 0 Å². The maximum absolute atomic E-state index is 11.5. The van der Waals surface area contributed by atoms with Crippen molar-refractivity contribution in [1.29, 1.82) is 0 Å². The molecule has 0 saturated carbocycles. The van der Waals surface area contributed by atoms with Crippen molar-refractivity contribution < 1.29 is 14.3 Å². The molecule has 0 aromatic carbocycles. The molecule has 5 heteroatoms. The van der Waals surface area contributed by atoms with Crippen molar-refractivity contribution in [3.63, 3.8) is 0 Å². The van der Waals surface area contributed by atoms with Crippen LogP contribution >= 0.6 is 12.6 Å². The summed E-state index contributed by atoms with van der Waals surface area (Å²) < 4.78 is 4.73. The van der Waals surface area contributed by atoms with Gasteiger partial charge in [-0.1, -0.05) is 84.0 Å². The molecule has 1 atom stereocenters. The second-order valence-corrected chi connectivity index (χ2v) is 7.35. The van der Waals surface area contributed by atoms with Crippen molar-refractivity contribution in [3.05, 3.63) is 0 Å². The lowest BCUT2D eigenvalue weighted by Crippen LogP contribution is -2.34. The summed E-state index contributed by atoms with van der Waals surface area (Å²) in [6.07, 6.45) is 17.1. The van der Waals surface area contributed by atoms with Gasteiger partial charge in [0.15, 0.2) is 0 Å². The van der Waals surface area contributed by atoms with Crippen molar-refractivity contribution >= 4 is 24.6 Å². The largest absolute Gasteiger partial charge is 0.392 e. The molecule has 0 aliphatic heterocycles. The highest BCUT2D eigenvalue weighted by molar-refractivity contribution is 7.80. The van der Waals surface area contributed by atoms with Crippen LogP contribution < -0.4 is 5.73 Å². The summed E-state index contributed by atoms with van der Waals surface area (Å²) in [4.78, 5) is 23.0. The third-order valence-electron chi connectivity index (χ3n) is 4.44. The molecule has 0 fully saturated rings. The van der Waals surface area contributed by atoms with Crippen LogP contribution in [0.1, 0.15) is 103 Å². The van der Waals surface area contributed by atoms with Crippen LogP contribution in [0.25, 0.3) is 0 Å². The summed E-state index contributed by atoms with van der Waals surface area (Å²) in [5.74, 6) is -0.583. The highest BCUT2D eigenvalue weighted by Crippen LogP contribution is 2.13. The lowest BCUT2D eigenvalue weighted by Gasteiger charge is -2.08. The van der Waals surface area contributed by atoms with Gasteiger partial charge in [0, 0.05) is 6.42 Å². The van der Waals surface area contributed by atoms with Crippen LogP contribution in [0.4, 0.5) is 0 Å². The Labute approximate surface area is 160 Å². The predicted molar refractivity (Wildman–Crippen MR) is 108 cm³/mol. The molecule has 0 radical (unpaired) electrons. The highest BCUT2D eigenvalue weighted by Gasteiger charge is 2.17. The standard InChI is InChI=1S/C20H39NO3S/c1-2-3-4-5-6-7-8-9-10-11-12-13-14-15-19(22)24-20(23)18(21)16-17-25/h18,25H,2-17,21H2,1H3/t18-/m1/s1. The van der Waals surface area contributed by atoms with Gasteiger partial charge in [-0.25, -0.2) is 4.79 Å². The molecule has 0 spiro atoms. The van der Waals surface area contributed by atoms with Crippen molar-refractivity contribution in [2.75, 3.05) is 5.75 Å². The molecule has 0 bridgehead atoms. The Morgan fingerprint density at radius 3 is 1.72 bits per heavy atom. The van der Waals surface area contributed by atoms with E-state index in [4.69, 9.17) is 10.5 Å². The van der Waals surface area contributed by atoms with Gasteiger partial charge in [-0.2, -0.15) is 12.6 Å². The maximum Gasteiger partial charge on any atom is 0.330 e. The van der Waals surface area contributed by atoms with E-state index in [1.165, 1.54) is 64.2 Å². The second kappa shape index (κ2) is 18.2. The molecule has 148 valence electrons. The minimum Gasteiger partial charge on any atom is -0.392 e. The summed E-state index contributed by atoms with van der Waals surface area (Å²) in [6.45, 7) is 2.25. The third-order valence-corrected chi connectivity index (χ3v) is 4.70. The van der Waals surface area contributed by atoms with Gasteiger partial charge in [0.2, 0.25) is 0 Å². The fourth-order valence-corrected chi connectivity index (χ4v) is 3.06. The summed E-state index contributed by atoms with van der Waals surface area (Å²) >= 11 is 4.01. The predicted octanol–water partition coefficient (Wildman–Crippen LogP) is 5.18. The number of unbranched alkanes of at least 4 members (excludes halogenated alkanes) is 12. The quantitative estimate of drug-likeness (QED) is 0.159. The zero-order chi connectivity index (χ0) is 18.8. The van der Waals surface area contributed by atoms with E-state index in [2.05, 4.69) is 19.6 Å².